The molecule has 0 radical (unpaired) electrons. The second kappa shape index (κ2) is 4.66. The summed E-state index contributed by atoms with van der Waals surface area (Å²) < 4.78 is 0. The SMILES string of the molecule is Cc1nc(C)nc(/C=C/c2ccccc2)n1. The summed E-state index contributed by atoms with van der Waals surface area (Å²) in [6.07, 6.45) is 3.89. The minimum absolute atomic E-state index is 0.703. The predicted molar refractivity (Wildman–Crippen MR) is 64.7 cm³/mol. The van der Waals surface area contributed by atoms with E-state index in [1.165, 1.54) is 0 Å². The topological polar surface area (TPSA) is 38.7 Å². The molecule has 3 heteroatoms. The minimum atomic E-state index is 0.703. The zero-order valence-corrected chi connectivity index (χ0v) is 9.38. The molecule has 1 aromatic carbocycles. The van der Waals surface area contributed by atoms with Crippen molar-refractivity contribution in [1.29, 1.82) is 0 Å². The van der Waals surface area contributed by atoms with E-state index in [9.17, 15) is 0 Å². The van der Waals surface area contributed by atoms with Crippen LogP contribution >= 0.6 is 0 Å². The van der Waals surface area contributed by atoms with Crippen LogP contribution in [0.4, 0.5) is 0 Å². The van der Waals surface area contributed by atoms with Gasteiger partial charge in [0.25, 0.3) is 0 Å². The molecule has 0 saturated carbocycles. The second-order valence-electron chi connectivity index (χ2n) is 3.53. The molecule has 0 aliphatic heterocycles. The van der Waals surface area contributed by atoms with Crippen LogP contribution < -0.4 is 0 Å². The van der Waals surface area contributed by atoms with E-state index in [2.05, 4.69) is 15.0 Å². The van der Waals surface area contributed by atoms with Crippen molar-refractivity contribution in [2.75, 3.05) is 0 Å². The van der Waals surface area contributed by atoms with Crippen LogP contribution in [0.1, 0.15) is 23.0 Å². The monoisotopic (exact) mass is 211 g/mol. The third-order valence-electron chi connectivity index (χ3n) is 2.10. The van der Waals surface area contributed by atoms with Gasteiger partial charge in [-0.1, -0.05) is 36.4 Å². The third-order valence-corrected chi connectivity index (χ3v) is 2.10. The summed E-state index contributed by atoms with van der Waals surface area (Å²) in [6.45, 7) is 3.74. The van der Waals surface area contributed by atoms with E-state index in [4.69, 9.17) is 0 Å². The Morgan fingerprint density at radius 2 is 1.44 bits per heavy atom. The number of hydrogen-bond donors (Lipinski definition) is 0. The lowest BCUT2D eigenvalue weighted by molar-refractivity contribution is 0.908. The van der Waals surface area contributed by atoms with Gasteiger partial charge in [-0.15, -0.1) is 0 Å². The number of benzene rings is 1. The molecular formula is C13H13N3. The molecule has 0 atom stereocenters. The van der Waals surface area contributed by atoms with Crippen LogP contribution in [0.25, 0.3) is 12.2 Å². The van der Waals surface area contributed by atoms with E-state index in [1.54, 1.807) is 0 Å². The van der Waals surface area contributed by atoms with Crippen LogP contribution in [0.5, 0.6) is 0 Å². The molecular weight excluding hydrogens is 198 g/mol. The Labute approximate surface area is 94.9 Å². The number of aryl methyl sites for hydroxylation is 2. The van der Waals surface area contributed by atoms with E-state index in [1.807, 2.05) is 56.3 Å². The van der Waals surface area contributed by atoms with Crippen LogP contribution in [0, 0.1) is 13.8 Å². The zero-order chi connectivity index (χ0) is 11.4. The van der Waals surface area contributed by atoms with Gasteiger partial charge in [0, 0.05) is 0 Å². The number of nitrogens with zero attached hydrogens (tertiary/aromatic N) is 3. The van der Waals surface area contributed by atoms with Gasteiger partial charge in [-0.2, -0.15) is 0 Å². The standard InChI is InChI=1S/C13H13N3/c1-10-14-11(2)16-13(15-10)9-8-12-6-4-3-5-7-12/h3-9H,1-2H3/b9-8+. The molecule has 2 aromatic rings. The first-order chi connectivity index (χ1) is 7.74. The van der Waals surface area contributed by atoms with Crippen LogP contribution in [0.3, 0.4) is 0 Å². The lowest BCUT2D eigenvalue weighted by atomic mass is 10.2. The van der Waals surface area contributed by atoms with Gasteiger partial charge < -0.3 is 0 Å². The molecule has 0 fully saturated rings. The average Bonchev–Trinajstić information content (AvgIpc) is 2.27. The van der Waals surface area contributed by atoms with Gasteiger partial charge in [0.1, 0.15) is 11.6 Å². The molecule has 2 rings (SSSR count). The Hall–Kier alpha value is -2.03. The summed E-state index contributed by atoms with van der Waals surface area (Å²) in [5.74, 6) is 2.20. The predicted octanol–water partition coefficient (Wildman–Crippen LogP) is 2.66. The van der Waals surface area contributed by atoms with Gasteiger partial charge in [-0.05, 0) is 25.5 Å². The van der Waals surface area contributed by atoms with Gasteiger partial charge in [0.2, 0.25) is 0 Å². The molecule has 80 valence electrons. The first kappa shape index (κ1) is 10.5. The highest BCUT2D eigenvalue weighted by molar-refractivity contribution is 5.66. The Balaban J connectivity index is 2.24. The van der Waals surface area contributed by atoms with Crippen molar-refractivity contribution in [3.63, 3.8) is 0 Å². The van der Waals surface area contributed by atoms with Crippen molar-refractivity contribution >= 4 is 12.2 Å². The lowest BCUT2D eigenvalue weighted by Crippen LogP contribution is -1.97. The Morgan fingerprint density at radius 3 is 2.06 bits per heavy atom. The van der Waals surface area contributed by atoms with Gasteiger partial charge in [0.05, 0.1) is 0 Å². The van der Waals surface area contributed by atoms with Crippen LogP contribution in [-0.4, -0.2) is 15.0 Å². The molecule has 3 nitrogen and oxygen atoms in total. The number of aromatic nitrogens is 3. The highest BCUT2D eigenvalue weighted by Gasteiger charge is 1.95. The highest BCUT2D eigenvalue weighted by atomic mass is 15.0. The van der Waals surface area contributed by atoms with E-state index in [-0.39, 0.29) is 0 Å². The molecule has 0 amide bonds. The molecule has 0 N–H and O–H groups in total. The van der Waals surface area contributed by atoms with Crippen molar-refractivity contribution in [1.82, 2.24) is 15.0 Å². The Morgan fingerprint density at radius 1 is 0.812 bits per heavy atom. The maximum Gasteiger partial charge on any atom is 0.156 e. The molecule has 0 bridgehead atoms. The maximum atomic E-state index is 4.24. The largest absolute Gasteiger partial charge is 0.219 e. The second-order valence-corrected chi connectivity index (χ2v) is 3.53. The normalized spacial score (nSPS) is 10.9. The van der Waals surface area contributed by atoms with Crippen molar-refractivity contribution in [3.8, 4) is 0 Å². The van der Waals surface area contributed by atoms with Gasteiger partial charge >= 0.3 is 0 Å². The fraction of sp³-hybridized carbons (Fsp3) is 0.154. The Kier molecular flexibility index (Phi) is 3.05. The number of hydrogen-bond acceptors (Lipinski definition) is 3. The van der Waals surface area contributed by atoms with Crippen LogP contribution in [0.15, 0.2) is 30.3 Å². The van der Waals surface area contributed by atoms with Crippen LogP contribution in [-0.2, 0) is 0 Å². The fourth-order valence-electron chi connectivity index (χ4n) is 1.45. The first-order valence-corrected chi connectivity index (χ1v) is 5.16. The van der Waals surface area contributed by atoms with Crippen molar-refractivity contribution in [2.24, 2.45) is 0 Å². The minimum Gasteiger partial charge on any atom is -0.219 e. The summed E-state index contributed by atoms with van der Waals surface area (Å²) in [7, 11) is 0. The summed E-state index contributed by atoms with van der Waals surface area (Å²) in [5, 5.41) is 0. The molecule has 0 unspecified atom stereocenters. The van der Waals surface area contributed by atoms with E-state index in [0.29, 0.717) is 5.82 Å². The molecule has 1 heterocycles. The molecule has 0 saturated heterocycles. The summed E-state index contributed by atoms with van der Waals surface area (Å²) in [6, 6.07) is 10.1. The lowest BCUT2D eigenvalue weighted by Gasteiger charge is -1.97. The molecule has 0 aliphatic carbocycles. The quantitative estimate of drug-likeness (QED) is 0.766. The molecule has 0 aliphatic rings. The van der Waals surface area contributed by atoms with Gasteiger partial charge in [-0.3, -0.25) is 0 Å². The maximum absolute atomic E-state index is 4.24. The van der Waals surface area contributed by atoms with Crippen molar-refractivity contribution in [3.05, 3.63) is 53.4 Å². The van der Waals surface area contributed by atoms with Crippen LogP contribution in [0.2, 0.25) is 0 Å². The van der Waals surface area contributed by atoms with Crippen molar-refractivity contribution < 1.29 is 0 Å². The first-order valence-electron chi connectivity index (χ1n) is 5.16. The highest BCUT2D eigenvalue weighted by Crippen LogP contribution is 2.04. The van der Waals surface area contributed by atoms with E-state index >= 15 is 0 Å². The molecule has 1 aromatic heterocycles. The summed E-state index contributed by atoms with van der Waals surface area (Å²) in [4.78, 5) is 12.6. The van der Waals surface area contributed by atoms with Gasteiger partial charge in [-0.25, -0.2) is 15.0 Å². The zero-order valence-electron chi connectivity index (χ0n) is 9.38. The van der Waals surface area contributed by atoms with Crippen molar-refractivity contribution in [2.45, 2.75) is 13.8 Å². The van der Waals surface area contributed by atoms with E-state index in [0.717, 1.165) is 17.2 Å². The Bertz CT molecular complexity index is 484. The third kappa shape index (κ3) is 2.73. The molecule has 0 spiro atoms. The average molecular weight is 211 g/mol. The van der Waals surface area contributed by atoms with E-state index < -0.39 is 0 Å². The fourth-order valence-corrected chi connectivity index (χ4v) is 1.45. The summed E-state index contributed by atoms with van der Waals surface area (Å²) >= 11 is 0. The summed E-state index contributed by atoms with van der Waals surface area (Å²) in [5.41, 5.74) is 1.14. The molecule has 16 heavy (non-hydrogen) atoms. The number of rotatable bonds is 2. The van der Waals surface area contributed by atoms with Gasteiger partial charge in [0.15, 0.2) is 5.82 Å². The smallest absolute Gasteiger partial charge is 0.156 e.